The first-order valence-electron chi connectivity index (χ1n) is 5.11. The molecule has 0 radical (unpaired) electrons. The summed E-state index contributed by atoms with van der Waals surface area (Å²) in [5.74, 6) is 0. The highest BCUT2D eigenvalue weighted by atomic mass is 32.1. The zero-order valence-corrected chi connectivity index (χ0v) is 9.66. The van der Waals surface area contributed by atoms with Crippen molar-refractivity contribution in [2.75, 3.05) is 0 Å². The van der Waals surface area contributed by atoms with E-state index in [1.165, 1.54) is 20.5 Å². The minimum absolute atomic E-state index is 1.00. The van der Waals surface area contributed by atoms with E-state index >= 15 is 0 Å². The Labute approximate surface area is 97.6 Å². The zero-order chi connectivity index (χ0) is 11.0. The monoisotopic (exact) mass is 226 g/mol. The Balaban J connectivity index is 2.35. The first kappa shape index (κ1) is 9.48. The number of benzene rings is 1. The molecule has 16 heavy (non-hydrogen) atoms. The molecule has 2 nitrogen and oxygen atoms in total. The maximum absolute atomic E-state index is 4.33. The molecule has 2 heterocycles. The van der Waals surface area contributed by atoms with Gasteiger partial charge in [-0.1, -0.05) is 18.2 Å². The smallest absolute Gasteiger partial charge is 0.116 e. The van der Waals surface area contributed by atoms with E-state index in [4.69, 9.17) is 0 Å². The van der Waals surface area contributed by atoms with Crippen molar-refractivity contribution in [3.63, 3.8) is 0 Å². The first-order chi connectivity index (χ1) is 7.86. The van der Waals surface area contributed by atoms with Gasteiger partial charge < -0.3 is 0 Å². The summed E-state index contributed by atoms with van der Waals surface area (Å²) in [7, 11) is 0. The summed E-state index contributed by atoms with van der Waals surface area (Å²) in [6.45, 7) is 2.14. The second-order valence-corrected chi connectivity index (χ2v) is 4.88. The van der Waals surface area contributed by atoms with Crippen LogP contribution in [0.1, 0.15) is 4.88 Å². The van der Waals surface area contributed by atoms with Crippen LogP contribution in [0.4, 0.5) is 0 Å². The highest BCUT2D eigenvalue weighted by molar-refractivity contribution is 7.19. The second-order valence-electron chi connectivity index (χ2n) is 3.62. The fourth-order valence-corrected chi connectivity index (χ4v) is 3.00. The molecule has 2 aromatic heterocycles. The molecule has 0 amide bonds. The van der Waals surface area contributed by atoms with E-state index in [-0.39, 0.29) is 0 Å². The quantitative estimate of drug-likeness (QED) is 0.632. The molecule has 0 bridgehead atoms. The van der Waals surface area contributed by atoms with E-state index < -0.39 is 0 Å². The lowest BCUT2D eigenvalue weighted by Gasteiger charge is -1.99. The third-order valence-electron chi connectivity index (χ3n) is 2.61. The van der Waals surface area contributed by atoms with Gasteiger partial charge in [0.15, 0.2) is 0 Å². The van der Waals surface area contributed by atoms with Gasteiger partial charge in [-0.05, 0) is 19.1 Å². The number of rotatable bonds is 1. The van der Waals surface area contributed by atoms with Crippen LogP contribution in [0.3, 0.4) is 0 Å². The van der Waals surface area contributed by atoms with Crippen LogP contribution in [0.25, 0.3) is 21.3 Å². The van der Waals surface area contributed by atoms with Gasteiger partial charge in [0.1, 0.15) is 6.33 Å². The fraction of sp³-hybridized carbons (Fsp3) is 0.0769. The average Bonchev–Trinajstić information content (AvgIpc) is 2.66. The Morgan fingerprint density at radius 3 is 2.81 bits per heavy atom. The van der Waals surface area contributed by atoms with Crippen LogP contribution in [-0.2, 0) is 0 Å². The van der Waals surface area contributed by atoms with Gasteiger partial charge in [0.25, 0.3) is 0 Å². The standard InChI is InChI=1S/C13H10N2S/c1-9-13(11-6-7-14-8-15-11)10-4-2-3-5-12(10)16-9/h2-8H,1H3. The van der Waals surface area contributed by atoms with Crippen LogP contribution in [0.5, 0.6) is 0 Å². The van der Waals surface area contributed by atoms with E-state index in [9.17, 15) is 0 Å². The number of hydrogen-bond acceptors (Lipinski definition) is 3. The van der Waals surface area contributed by atoms with Crippen molar-refractivity contribution in [1.29, 1.82) is 0 Å². The molecule has 0 saturated carbocycles. The van der Waals surface area contributed by atoms with Gasteiger partial charge in [0, 0.05) is 26.7 Å². The van der Waals surface area contributed by atoms with E-state index in [1.54, 1.807) is 12.5 Å². The molecule has 0 aliphatic rings. The van der Waals surface area contributed by atoms with Crippen LogP contribution >= 0.6 is 11.3 Å². The Morgan fingerprint density at radius 1 is 1.12 bits per heavy atom. The summed E-state index contributed by atoms with van der Waals surface area (Å²) in [4.78, 5) is 9.59. The molecule has 3 aromatic rings. The van der Waals surface area contributed by atoms with Gasteiger partial charge in [-0.3, -0.25) is 0 Å². The summed E-state index contributed by atoms with van der Waals surface area (Å²) in [6.07, 6.45) is 3.38. The molecule has 0 atom stereocenters. The SMILES string of the molecule is Cc1sc2ccccc2c1-c1ccncn1. The molecular formula is C13H10N2S. The lowest BCUT2D eigenvalue weighted by molar-refractivity contribution is 1.17. The minimum Gasteiger partial charge on any atom is -0.245 e. The van der Waals surface area contributed by atoms with Crippen molar-refractivity contribution in [3.8, 4) is 11.3 Å². The highest BCUT2D eigenvalue weighted by Gasteiger charge is 2.10. The molecule has 78 valence electrons. The summed E-state index contributed by atoms with van der Waals surface area (Å²) < 4.78 is 1.31. The summed E-state index contributed by atoms with van der Waals surface area (Å²) >= 11 is 1.81. The van der Waals surface area contributed by atoms with Crippen molar-refractivity contribution in [3.05, 3.63) is 47.7 Å². The van der Waals surface area contributed by atoms with Gasteiger partial charge in [0.2, 0.25) is 0 Å². The Hall–Kier alpha value is -1.74. The number of aryl methyl sites for hydroxylation is 1. The molecule has 0 saturated heterocycles. The van der Waals surface area contributed by atoms with Crippen LogP contribution in [0, 0.1) is 6.92 Å². The van der Waals surface area contributed by atoms with E-state index in [0.29, 0.717) is 0 Å². The Bertz CT molecular complexity index is 629. The number of fused-ring (bicyclic) bond motifs is 1. The Morgan fingerprint density at radius 2 is 2.00 bits per heavy atom. The Kier molecular flexibility index (Phi) is 2.18. The summed E-state index contributed by atoms with van der Waals surface area (Å²) in [6, 6.07) is 10.4. The van der Waals surface area contributed by atoms with E-state index in [0.717, 1.165) is 5.69 Å². The minimum atomic E-state index is 1.00. The van der Waals surface area contributed by atoms with Crippen LogP contribution in [-0.4, -0.2) is 9.97 Å². The van der Waals surface area contributed by atoms with Crippen LogP contribution in [0.2, 0.25) is 0 Å². The number of thiophene rings is 1. The fourth-order valence-electron chi connectivity index (χ4n) is 1.92. The van der Waals surface area contributed by atoms with Gasteiger partial charge in [0.05, 0.1) is 5.69 Å². The molecule has 0 fully saturated rings. The molecule has 0 unspecified atom stereocenters. The third-order valence-corrected chi connectivity index (χ3v) is 3.70. The van der Waals surface area contributed by atoms with Crippen molar-refractivity contribution in [2.24, 2.45) is 0 Å². The normalized spacial score (nSPS) is 10.8. The van der Waals surface area contributed by atoms with Crippen molar-refractivity contribution in [2.45, 2.75) is 6.92 Å². The topological polar surface area (TPSA) is 25.8 Å². The lowest BCUT2D eigenvalue weighted by Crippen LogP contribution is -1.83. The zero-order valence-electron chi connectivity index (χ0n) is 8.84. The van der Waals surface area contributed by atoms with Crippen molar-refractivity contribution in [1.82, 2.24) is 9.97 Å². The van der Waals surface area contributed by atoms with Gasteiger partial charge in [-0.25, -0.2) is 9.97 Å². The lowest BCUT2D eigenvalue weighted by atomic mass is 10.1. The first-order valence-corrected chi connectivity index (χ1v) is 5.92. The molecular weight excluding hydrogens is 216 g/mol. The molecule has 0 aliphatic carbocycles. The molecule has 1 aromatic carbocycles. The summed E-state index contributed by atoms with van der Waals surface area (Å²) in [5.41, 5.74) is 2.24. The van der Waals surface area contributed by atoms with Crippen LogP contribution in [0.15, 0.2) is 42.9 Å². The van der Waals surface area contributed by atoms with Crippen molar-refractivity contribution < 1.29 is 0 Å². The third kappa shape index (κ3) is 1.41. The maximum Gasteiger partial charge on any atom is 0.116 e. The second kappa shape index (κ2) is 3.68. The molecule has 0 N–H and O–H groups in total. The predicted molar refractivity (Wildman–Crippen MR) is 67.6 cm³/mol. The van der Waals surface area contributed by atoms with E-state index in [2.05, 4.69) is 41.2 Å². The number of aromatic nitrogens is 2. The summed E-state index contributed by atoms with van der Waals surface area (Å²) in [5, 5.41) is 1.28. The maximum atomic E-state index is 4.33. The van der Waals surface area contributed by atoms with Crippen LogP contribution < -0.4 is 0 Å². The molecule has 0 spiro atoms. The van der Waals surface area contributed by atoms with E-state index in [1.807, 2.05) is 17.4 Å². The van der Waals surface area contributed by atoms with Gasteiger partial charge >= 0.3 is 0 Å². The predicted octanol–water partition coefficient (Wildman–Crippen LogP) is 3.67. The molecule has 3 rings (SSSR count). The highest BCUT2D eigenvalue weighted by Crippen LogP contribution is 2.36. The average molecular weight is 226 g/mol. The number of hydrogen-bond donors (Lipinski definition) is 0. The van der Waals surface area contributed by atoms with Gasteiger partial charge in [-0.2, -0.15) is 0 Å². The van der Waals surface area contributed by atoms with Gasteiger partial charge in [-0.15, -0.1) is 11.3 Å². The number of nitrogens with zero attached hydrogens (tertiary/aromatic N) is 2. The largest absolute Gasteiger partial charge is 0.245 e. The molecule has 0 aliphatic heterocycles. The molecule has 3 heteroatoms. The van der Waals surface area contributed by atoms with Crippen molar-refractivity contribution >= 4 is 21.4 Å².